The van der Waals surface area contributed by atoms with Gasteiger partial charge < -0.3 is 5.11 Å². The fourth-order valence-electron chi connectivity index (χ4n) is 1.58. The normalized spacial score (nSPS) is 24.9. The maximum atomic E-state index is 9.77. The molecule has 0 bridgehead atoms. The summed E-state index contributed by atoms with van der Waals surface area (Å²) < 4.78 is 0. The monoisotopic (exact) mass is 166 g/mol. The molecule has 0 heterocycles. The minimum atomic E-state index is -0.269. The predicted octanol–water partition coefficient (Wildman–Crippen LogP) is 2.67. The van der Waals surface area contributed by atoms with E-state index in [1.807, 2.05) is 0 Å². The Morgan fingerprint density at radius 2 is 1.92 bits per heavy atom. The molecule has 1 aliphatic rings. The van der Waals surface area contributed by atoms with Crippen LogP contribution in [0.3, 0.4) is 0 Å². The molecule has 1 rings (SSSR count). The number of allylic oxidation sites excluding steroid dienone is 2. The first kappa shape index (κ1) is 9.53. The molecule has 0 aromatic heterocycles. The Labute approximate surface area is 74.8 Å². The van der Waals surface area contributed by atoms with Gasteiger partial charge in [0.25, 0.3) is 0 Å². The lowest BCUT2D eigenvalue weighted by Crippen LogP contribution is -2.24. The summed E-state index contributed by atoms with van der Waals surface area (Å²) in [6.07, 6.45) is 4.69. The van der Waals surface area contributed by atoms with Gasteiger partial charge in [-0.1, -0.05) is 38.5 Å². The molecule has 1 heteroatoms. The summed E-state index contributed by atoms with van der Waals surface area (Å²) in [4.78, 5) is 0. The van der Waals surface area contributed by atoms with E-state index in [1.54, 1.807) is 0 Å². The first-order chi connectivity index (χ1) is 5.41. The molecular formula is C11H18O. The highest BCUT2D eigenvalue weighted by atomic mass is 16.3. The summed E-state index contributed by atoms with van der Waals surface area (Å²) in [5.41, 5.74) is 2.50. The Kier molecular flexibility index (Phi) is 2.43. The van der Waals surface area contributed by atoms with E-state index in [-0.39, 0.29) is 11.5 Å². The first-order valence-electron chi connectivity index (χ1n) is 4.47. The summed E-state index contributed by atoms with van der Waals surface area (Å²) in [6.45, 7) is 8.46. The molecule has 0 saturated heterocycles. The zero-order valence-corrected chi connectivity index (χ0v) is 8.39. The van der Waals surface area contributed by atoms with Gasteiger partial charge in [0.05, 0.1) is 6.10 Å². The van der Waals surface area contributed by atoms with Gasteiger partial charge in [-0.15, -0.1) is 0 Å². The van der Waals surface area contributed by atoms with Gasteiger partial charge in [0.15, 0.2) is 0 Å². The lowest BCUT2D eigenvalue weighted by atomic mass is 9.79. The summed E-state index contributed by atoms with van der Waals surface area (Å²) in [6, 6.07) is 0. The van der Waals surface area contributed by atoms with Crippen LogP contribution in [0.1, 0.15) is 34.1 Å². The Balaban J connectivity index is 2.91. The molecule has 1 unspecified atom stereocenters. The summed E-state index contributed by atoms with van der Waals surface area (Å²) in [5, 5.41) is 9.77. The minimum Gasteiger partial charge on any atom is -0.388 e. The van der Waals surface area contributed by atoms with Crippen molar-refractivity contribution in [3.05, 3.63) is 23.3 Å². The maximum Gasteiger partial charge on any atom is 0.0795 e. The van der Waals surface area contributed by atoms with Crippen molar-refractivity contribution in [2.75, 3.05) is 0 Å². The number of hydrogen-bond donors (Lipinski definition) is 1. The zero-order chi connectivity index (χ0) is 9.35. The van der Waals surface area contributed by atoms with Crippen LogP contribution in [0.25, 0.3) is 0 Å². The van der Waals surface area contributed by atoms with Crippen molar-refractivity contribution < 1.29 is 5.11 Å². The van der Waals surface area contributed by atoms with Crippen LogP contribution in [-0.2, 0) is 0 Å². The Morgan fingerprint density at radius 3 is 2.33 bits per heavy atom. The molecule has 12 heavy (non-hydrogen) atoms. The van der Waals surface area contributed by atoms with Gasteiger partial charge in [-0.2, -0.15) is 0 Å². The third-order valence-electron chi connectivity index (χ3n) is 2.29. The molecule has 0 aromatic rings. The molecule has 68 valence electrons. The second-order valence-electron chi connectivity index (χ2n) is 4.60. The fraction of sp³-hybridized carbons (Fsp3) is 0.636. The van der Waals surface area contributed by atoms with E-state index < -0.39 is 0 Å². The number of aliphatic hydroxyl groups is 1. The van der Waals surface area contributed by atoms with Crippen molar-refractivity contribution in [3.63, 3.8) is 0 Å². The quantitative estimate of drug-likeness (QED) is 0.586. The van der Waals surface area contributed by atoms with E-state index in [2.05, 4.69) is 39.8 Å². The SMILES string of the molecule is CC1=CC=C(C(C)(C)C)C(O)C1. The van der Waals surface area contributed by atoms with E-state index in [1.165, 1.54) is 5.57 Å². The molecule has 1 nitrogen and oxygen atoms in total. The fourth-order valence-corrected chi connectivity index (χ4v) is 1.58. The Morgan fingerprint density at radius 1 is 1.33 bits per heavy atom. The van der Waals surface area contributed by atoms with Gasteiger partial charge in [0, 0.05) is 0 Å². The standard InChI is InChI=1S/C11H18O/c1-8-5-6-9(10(12)7-8)11(2,3)4/h5-6,10,12H,7H2,1-4H3. The minimum absolute atomic E-state index is 0.0939. The van der Waals surface area contributed by atoms with Gasteiger partial charge in [0.2, 0.25) is 0 Å². The molecule has 1 N–H and O–H groups in total. The number of aliphatic hydroxyl groups excluding tert-OH is 1. The largest absolute Gasteiger partial charge is 0.388 e. The van der Waals surface area contributed by atoms with E-state index in [0.717, 1.165) is 12.0 Å². The predicted molar refractivity (Wildman–Crippen MR) is 51.9 cm³/mol. The van der Waals surface area contributed by atoms with Crippen LogP contribution in [0, 0.1) is 5.41 Å². The molecule has 0 aliphatic heterocycles. The van der Waals surface area contributed by atoms with Crippen molar-refractivity contribution in [2.24, 2.45) is 5.41 Å². The van der Waals surface area contributed by atoms with Crippen molar-refractivity contribution >= 4 is 0 Å². The average molecular weight is 166 g/mol. The van der Waals surface area contributed by atoms with E-state index in [0.29, 0.717) is 0 Å². The lowest BCUT2D eigenvalue weighted by molar-refractivity contribution is 0.183. The molecule has 1 atom stereocenters. The molecule has 0 amide bonds. The third-order valence-corrected chi connectivity index (χ3v) is 2.29. The highest BCUT2D eigenvalue weighted by Crippen LogP contribution is 2.32. The molecule has 0 fully saturated rings. The highest BCUT2D eigenvalue weighted by molar-refractivity contribution is 5.29. The van der Waals surface area contributed by atoms with E-state index in [4.69, 9.17) is 0 Å². The molecule has 0 saturated carbocycles. The van der Waals surface area contributed by atoms with Crippen LogP contribution in [0.15, 0.2) is 23.3 Å². The van der Waals surface area contributed by atoms with E-state index in [9.17, 15) is 5.11 Å². The van der Waals surface area contributed by atoms with Gasteiger partial charge in [-0.25, -0.2) is 0 Å². The Hall–Kier alpha value is -0.560. The van der Waals surface area contributed by atoms with Gasteiger partial charge in [-0.05, 0) is 24.3 Å². The first-order valence-corrected chi connectivity index (χ1v) is 4.47. The van der Waals surface area contributed by atoms with Crippen LogP contribution < -0.4 is 0 Å². The summed E-state index contributed by atoms with van der Waals surface area (Å²) in [7, 11) is 0. The second-order valence-corrected chi connectivity index (χ2v) is 4.60. The summed E-state index contributed by atoms with van der Waals surface area (Å²) in [5.74, 6) is 0. The van der Waals surface area contributed by atoms with Gasteiger partial charge in [-0.3, -0.25) is 0 Å². The van der Waals surface area contributed by atoms with Crippen LogP contribution in [-0.4, -0.2) is 11.2 Å². The van der Waals surface area contributed by atoms with E-state index >= 15 is 0 Å². The highest BCUT2D eigenvalue weighted by Gasteiger charge is 2.25. The molecule has 0 aromatic carbocycles. The maximum absolute atomic E-state index is 9.77. The Bertz CT molecular complexity index is 228. The number of hydrogen-bond acceptors (Lipinski definition) is 1. The topological polar surface area (TPSA) is 20.2 Å². The van der Waals surface area contributed by atoms with Gasteiger partial charge in [0.1, 0.15) is 0 Å². The summed E-state index contributed by atoms with van der Waals surface area (Å²) >= 11 is 0. The van der Waals surface area contributed by atoms with Gasteiger partial charge >= 0.3 is 0 Å². The van der Waals surface area contributed by atoms with Crippen molar-refractivity contribution in [1.82, 2.24) is 0 Å². The molecule has 0 spiro atoms. The number of rotatable bonds is 0. The third kappa shape index (κ3) is 1.98. The lowest BCUT2D eigenvalue weighted by Gasteiger charge is -2.29. The van der Waals surface area contributed by atoms with Crippen molar-refractivity contribution in [2.45, 2.75) is 40.2 Å². The second kappa shape index (κ2) is 3.06. The molecule has 1 aliphatic carbocycles. The van der Waals surface area contributed by atoms with Crippen molar-refractivity contribution in [1.29, 1.82) is 0 Å². The van der Waals surface area contributed by atoms with Crippen LogP contribution >= 0.6 is 0 Å². The van der Waals surface area contributed by atoms with Crippen molar-refractivity contribution in [3.8, 4) is 0 Å². The smallest absolute Gasteiger partial charge is 0.0795 e. The zero-order valence-electron chi connectivity index (χ0n) is 8.39. The average Bonchev–Trinajstić information content (AvgIpc) is 1.83. The molecular weight excluding hydrogens is 148 g/mol. The van der Waals surface area contributed by atoms with Crippen LogP contribution in [0.2, 0.25) is 0 Å². The molecule has 0 radical (unpaired) electrons. The van der Waals surface area contributed by atoms with Crippen LogP contribution in [0.4, 0.5) is 0 Å². The van der Waals surface area contributed by atoms with Crippen LogP contribution in [0.5, 0.6) is 0 Å².